The number of aliphatic hydroxyl groups is 1. The quantitative estimate of drug-likeness (QED) is 0.793. The minimum atomic E-state index is -0.296. The molecule has 0 aliphatic carbocycles. The van der Waals surface area contributed by atoms with Gasteiger partial charge in [0.25, 0.3) is 0 Å². The van der Waals surface area contributed by atoms with Gasteiger partial charge in [-0.1, -0.05) is 23.5 Å². The molecule has 0 aliphatic heterocycles. The number of carbonyl (C=O) groups is 1. The number of para-hydroxylation sites is 1. The number of amides is 2. The summed E-state index contributed by atoms with van der Waals surface area (Å²) >= 11 is 1.43. The fourth-order valence-corrected chi connectivity index (χ4v) is 2.41. The smallest absolute Gasteiger partial charge is 0.321 e. The molecule has 96 valence electrons. The SMILES string of the molecule is C[C@H](CCO)NC(=O)Nc1nc2ccccc2s1. The van der Waals surface area contributed by atoms with E-state index in [-0.39, 0.29) is 18.7 Å². The predicted molar refractivity (Wildman–Crippen MR) is 72.9 cm³/mol. The van der Waals surface area contributed by atoms with Gasteiger partial charge in [0.2, 0.25) is 0 Å². The van der Waals surface area contributed by atoms with E-state index in [2.05, 4.69) is 15.6 Å². The fourth-order valence-electron chi connectivity index (χ4n) is 1.55. The lowest BCUT2D eigenvalue weighted by atomic mass is 10.2. The lowest BCUT2D eigenvalue weighted by Crippen LogP contribution is -2.36. The van der Waals surface area contributed by atoms with Crippen LogP contribution in [0.2, 0.25) is 0 Å². The minimum absolute atomic E-state index is 0.0581. The summed E-state index contributed by atoms with van der Waals surface area (Å²) in [5.74, 6) is 0. The molecule has 1 heterocycles. The van der Waals surface area contributed by atoms with Crippen molar-refractivity contribution in [1.82, 2.24) is 10.3 Å². The van der Waals surface area contributed by atoms with Gasteiger partial charge in [0.1, 0.15) is 0 Å². The van der Waals surface area contributed by atoms with Crippen LogP contribution < -0.4 is 10.6 Å². The first-order valence-electron chi connectivity index (χ1n) is 5.73. The molecule has 5 nitrogen and oxygen atoms in total. The van der Waals surface area contributed by atoms with Gasteiger partial charge in [-0.15, -0.1) is 0 Å². The van der Waals surface area contributed by atoms with Crippen molar-refractivity contribution < 1.29 is 9.90 Å². The molecular weight excluding hydrogens is 250 g/mol. The molecule has 3 N–H and O–H groups in total. The maximum absolute atomic E-state index is 11.6. The second kappa shape index (κ2) is 5.79. The molecule has 0 fully saturated rings. The molecule has 0 radical (unpaired) electrons. The van der Waals surface area contributed by atoms with Crippen LogP contribution in [0.5, 0.6) is 0 Å². The summed E-state index contributed by atoms with van der Waals surface area (Å²) in [6, 6.07) is 7.36. The van der Waals surface area contributed by atoms with Crippen LogP contribution in [0.15, 0.2) is 24.3 Å². The molecule has 1 aromatic carbocycles. The second-order valence-corrected chi connectivity index (χ2v) is 5.03. The van der Waals surface area contributed by atoms with Crippen LogP contribution in [0.3, 0.4) is 0 Å². The molecule has 2 rings (SSSR count). The number of urea groups is 1. The van der Waals surface area contributed by atoms with Crippen molar-refractivity contribution in [2.24, 2.45) is 0 Å². The second-order valence-electron chi connectivity index (χ2n) is 4.00. The van der Waals surface area contributed by atoms with Gasteiger partial charge in [-0.2, -0.15) is 0 Å². The van der Waals surface area contributed by atoms with Gasteiger partial charge in [-0.3, -0.25) is 5.32 Å². The topological polar surface area (TPSA) is 74.2 Å². The van der Waals surface area contributed by atoms with E-state index in [0.29, 0.717) is 11.6 Å². The molecule has 2 aromatic rings. The van der Waals surface area contributed by atoms with Crippen molar-refractivity contribution in [1.29, 1.82) is 0 Å². The van der Waals surface area contributed by atoms with Gasteiger partial charge < -0.3 is 10.4 Å². The summed E-state index contributed by atoms with van der Waals surface area (Å²) in [5, 5.41) is 14.8. The highest BCUT2D eigenvalue weighted by molar-refractivity contribution is 7.22. The summed E-state index contributed by atoms with van der Waals surface area (Å²) in [7, 11) is 0. The monoisotopic (exact) mass is 265 g/mol. The van der Waals surface area contributed by atoms with Gasteiger partial charge in [0.15, 0.2) is 5.13 Å². The number of aromatic nitrogens is 1. The van der Waals surface area contributed by atoms with Crippen LogP contribution >= 0.6 is 11.3 Å². The summed E-state index contributed by atoms with van der Waals surface area (Å²) in [5.41, 5.74) is 0.876. The molecule has 0 spiro atoms. The van der Waals surface area contributed by atoms with Crippen LogP contribution in [0, 0.1) is 0 Å². The lowest BCUT2D eigenvalue weighted by Gasteiger charge is -2.11. The first kappa shape index (κ1) is 12.8. The number of rotatable bonds is 4. The summed E-state index contributed by atoms with van der Waals surface area (Å²) in [6.45, 7) is 1.90. The molecule has 0 saturated heterocycles. The molecule has 6 heteroatoms. The Morgan fingerprint density at radius 3 is 3.00 bits per heavy atom. The molecule has 0 saturated carbocycles. The van der Waals surface area contributed by atoms with Gasteiger partial charge in [0.05, 0.1) is 10.2 Å². The van der Waals surface area contributed by atoms with Gasteiger partial charge >= 0.3 is 6.03 Å². The van der Waals surface area contributed by atoms with Crippen molar-refractivity contribution >= 4 is 32.7 Å². The molecule has 18 heavy (non-hydrogen) atoms. The molecular formula is C12H15N3O2S. The maximum Gasteiger partial charge on any atom is 0.321 e. The Labute approximate surface area is 109 Å². The van der Waals surface area contributed by atoms with E-state index >= 15 is 0 Å². The number of benzene rings is 1. The highest BCUT2D eigenvalue weighted by Crippen LogP contribution is 2.25. The number of fused-ring (bicyclic) bond motifs is 1. The van der Waals surface area contributed by atoms with E-state index in [9.17, 15) is 4.79 Å². The Morgan fingerprint density at radius 1 is 1.50 bits per heavy atom. The van der Waals surface area contributed by atoms with E-state index in [1.54, 1.807) is 0 Å². The van der Waals surface area contributed by atoms with Crippen molar-refractivity contribution in [3.63, 3.8) is 0 Å². The zero-order valence-electron chi connectivity index (χ0n) is 10.0. The number of anilines is 1. The average Bonchev–Trinajstić information content (AvgIpc) is 2.70. The molecule has 2 amide bonds. The average molecular weight is 265 g/mol. The minimum Gasteiger partial charge on any atom is -0.396 e. The van der Waals surface area contributed by atoms with Crippen LogP contribution in [0.4, 0.5) is 9.93 Å². The molecule has 0 aliphatic rings. The molecule has 0 bridgehead atoms. The third-order valence-corrected chi connectivity index (χ3v) is 3.41. The van der Waals surface area contributed by atoms with Gasteiger partial charge in [-0.05, 0) is 25.5 Å². The number of hydrogen-bond acceptors (Lipinski definition) is 4. The largest absolute Gasteiger partial charge is 0.396 e. The fraction of sp³-hybridized carbons (Fsp3) is 0.333. The normalized spacial score (nSPS) is 12.3. The third kappa shape index (κ3) is 3.18. The Morgan fingerprint density at radius 2 is 2.28 bits per heavy atom. The van der Waals surface area contributed by atoms with E-state index in [1.165, 1.54) is 11.3 Å². The number of thiazole rings is 1. The predicted octanol–water partition coefficient (Wildman–Crippen LogP) is 2.19. The zero-order chi connectivity index (χ0) is 13.0. The van der Waals surface area contributed by atoms with E-state index in [0.717, 1.165) is 10.2 Å². The van der Waals surface area contributed by atoms with Crippen molar-refractivity contribution in [2.45, 2.75) is 19.4 Å². The maximum atomic E-state index is 11.6. The summed E-state index contributed by atoms with van der Waals surface area (Å²) in [4.78, 5) is 15.9. The van der Waals surface area contributed by atoms with Crippen molar-refractivity contribution in [3.8, 4) is 0 Å². The first-order valence-corrected chi connectivity index (χ1v) is 6.54. The van der Waals surface area contributed by atoms with E-state index in [1.807, 2.05) is 31.2 Å². The highest BCUT2D eigenvalue weighted by Gasteiger charge is 2.09. The van der Waals surface area contributed by atoms with Crippen molar-refractivity contribution in [2.75, 3.05) is 11.9 Å². The number of aliphatic hydroxyl groups excluding tert-OH is 1. The van der Waals surface area contributed by atoms with Crippen LogP contribution in [0.25, 0.3) is 10.2 Å². The first-order chi connectivity index (χ1) is 8.69. The lowest BCUT2D eigenvalue weighted by molar-refractivity contribution is 0.241. The molecule has 1 atom stereocenters. The molecule has 1 aromatic heterocycles. The van der Waals surface area contributed by atoms with Crippen LogP contribution in [-0.2, 0) is 0 Å². The van der Waals surface area contributed by atoms with E-state index in [4.69, 9.17) is 5.11 Å². The number of nitrogens with zero attached hydrogens (tertiary/aromatic N) is 1. The van der Waals surface area contributed by atoms with Gasteiger partial charge in [-0.25, -0.2) is 9.78 Å². The van der Waals surface area contributed by atoms with Gasteiger partial charge in [0, 0.05) is 12.6 Å². The van der Waals surface area contributed by atoms with E-state index < -0.39 is 0 Å². The molecule has 0 unspecified atom stereocenters. The highest BCUT2D eigenvalue weighted by atomic mass is 32.1. The van der Waals surface area contributed by atoms with Crippen LogP contribution in [0.1, 0.15) is 13.3 Å². The third-order valence-electron chi connectivity index (χ3n) is 2.45. The number of nitrogens with one attached hydrogen (secondary N) is 2. The summed E-state index contributed by atoms with van der Waals surface area (Å²) in [6.07, 6.45) is 0.535. The Balaban J connectivity index is 1.98. The Kier molecular flexibility index (Phi) is 4.11. The van der Waals surface area contributed by atoms with Crippen molar-refractivity contribution in [3.05, 3.63) is 24.3 Å². The number of carbonyl (C=O) groups excluding carboxylic acids is 1. The zero-order valence-corrected chi connectivity index (χ0v) is 10.8. The Hall–Kier alpha value is -1.66. The Bertz CT molecular complexity index is 508. The van der Waals surface area contributed by atoms with Crippen LogP contribution in [-0.4, -0.2) is 28.8 Å². The standard InChI is InChI=1S/C12H15N3O2S/c1-8(6-7-16)13-11(17)15-12-14-9-4-2-3-5-10(9)18-12/h2-5,8,16H,6-7H2,1H3,(H2,13,14,15,17)/t8-/m1/s1. The summed E-state index contributed by atoms with van der Waals surface area (Å²) < 4.78 is 1.04. The number of hydrogen-bond donors (Lipinski definition) is 3.